The summed E-state index contributed by atoms with van der Waals surface area (Å²) in [5.74, 6) is -0.500. The number of benzene rings is 1. The number of sulfonamides is 1. The molecule has 32 heavy (non-hydrogen) atoms. The molecule has 1 fully saturated rings. The van der Waals surface area contributed by atoms with Gasteiger partial charge in [0.15, 0.2) is 0 Å². The van der Waals surface area contributed by atoms with Gasteiger partial charge in [-0.25, -0.2) is 8.42 Å². The predicted octanol–water partition coefficient (Wildman–Crippen LogP) is 3.29. The fraction of sp³-hybridized carbons (Fsp3) is 0.455. The summed E-state index contributed by atoms with van der Waals surface area (Å²) < 4.78 is 34.3. The van der Waals surface area contributed by atoms with Gasteiger partial charge in [-0.05, 0) is 68.4 Å². The number of rotatable bonds is 7. The smallest absolute Gasteiger partial charge is 0.262 e. The van der Waals surface area contributed by atoms with E-state index in [2.05, 4.69) is 15.4 Å². The lowest BCUT2D eigenvalue weighted by atomic mass is 9.95. The lowest BCUT2D eigenvalue weighted by Gasteiger charge is -2.15. The van der Waals surface area contributed by atoms with E-state index in [4.69, 9.17) is 4.74 Å². The Morgan fingerprint density at radius 2 is 1.88 bits per heavy atom. The summed E-state index contributed by atoms with van der Waals surface area (Å²) in [6, 6.07) is 5.92. The number of amides is 2. The highest BCUT2D eigenvalue weighted by Gasteiger charge is 2.29. The monoisotopic (exact) mass is 477 g/mol. The summed E-state index contributed by atoms with van der Waals surface area (Å²) in [6.45, 7) is 2.51. The number of carbonyl (C=O) groups excluding carboxylic acids is 2. The van der Waals surface area contributed by atoms with Crippen LogP contribution in [0.5, 0.6) is 0 Å². The Labute approximate surface area is 191 Å². The van der Waals surface area contributed by atoms with Gasteiger partial charge in [-0.3, -0.25) is 14.3 Å². The van der Waals surface area contributed by atoms with Crippen LogP contribution in [0.25, 0.3) is 0 Å². The first-order chi connectivity index (χ1) is 15.3. The molecule has 2 aliphatic rings. The molecule has 1 aliphatic carbocycles. The van der Waals surface area contributed by atoms with E-state index in [0.717, 1.165) is 49.0 Å². The molecule has 0 radical (unpaired) electrons. The molecule has 1 unspecified atom stereocenters. The van der Waals surface area contributed by atoms with Gasteiger partial charge in [0.2, 0.25) is 5.91 Å². The maximum absolute atomic E-state index is 13.1. The maximum Gasteiger partial charge on any atom is 0.262 e. The second-order valence-electron chi connectivity index (χ2n) is 8.07. The lowest BCUT2D eigenvalue weighted by molar-refractivity contribution is -0.114. The molecule has 1 aliphatic heterocycles. The third-order valence-corrected chi connectivity index (χ3v) is 8.33. The minimum atomic E-state index is -3.90. The van der Waals surface area contributed by atoms with E-state index in [1.54, 1.807) is 0 Å². The third-order valence-electron chi connectivity index (χ3n) is 5.62. The van der Waals surface area contributed by atoms with E-state index >= 15 is 0 Å². The van der Waals surface area contributed by atoms with Gasteiger partial charge < -0.3 is 15.4 Å². The minimum Gasteiger partial charge on any atom is -0.376 e. The Balaban J connectivity index is 1.57. The van der Waals surface area contributed by atoms with Gasteiger partial charge in [0.25, 0.3) is 15.9 Å². The molecule has 0 saturated carbocycles. The van der Waals surface area contributed by atoms with Crippen molar-refractivity contribution in [3.63, 3.8) is 0 Å². The number of anilines is 2. The first-order valence-corrected chi connectivity index (χ1v) is 13.1. The van der Waals surface area contributed by atoms with Crippen LogP contribution >= 0.6 is 11.3 Å². The highest BCUT2D eigenvalue weighted by molar-refractivity contribution is 7.93. The lowest BCUT2D eigenvalue weighted by Crippen LogP contribution is -2.32. The average Bonchev–Trinajstić information content (AvgIpc) is 3.39. The van der Waals surface area contributed by atoms with Crippen LogP contribution < -0.4 is 15.4 Å². The van der Waals surface area contributed by atoms with Crippen molar-refractivity contribution < 1.29 is 22.7 Å². The van der Waals surface area contributed by atoms with Gasteiger partial charge in [-0.15, -0.1) is 11.3 Å². The van der Waals surface area contributed by atoms with E-state index < -0.39 is 10.0 Å². The van der Waals surface area contributed by atoms with Crippen LogP contribution in [0.1, 0.15) is 53.4 Å². The van der Waals surface area contributed by atoms with Crippen molar-refractivity contribution in [2.24, 2.45) is 0 Å². The van der Waals surface area contributed by atoms with Crippen LogP contribution in [0.15, 0.2) is 29.2 Å². The minimum absolute atomic E-state index is 0.00989. The number of thiophene rings is 1. The molecule has 1 aromatic carbocycles. The molecular weight excluding hydrogens is 450 g/mol. The summed E-state index contributed by atoms with van der Waals surface area (Å²) in [7, 11) is -3.90. The normalized spacial score (nSPS) is 18.1. The second kappa shape index (κ2) is 9.60. The number of hydrogen-bond donors (Lipinski definition) is 3. The van der Waals surface area contributed by atoms with Gasteiger partial charge >= 0.3 is 0 Å². The largest absolute Gasteiger partial charge is 0.376 e. The van der Waals surface area contributed by atoms with Gasteiger partial charge in [-0.1, -0.05) is 0 Å². The number of carbonyl (C=O) groups is 2. The molecule has 2 heterocycles. The highest BCUT2D eigenvalue weighted by Crippen LogP contribution is 2.39. The average molecular weight is 478 g/mol. The number of ether oxygens (including phenoxy) is 1. The summed E-state index contributed by atoms with van der Waals surface area (Å²) >= 11 is 1.34. The van der Waals surface area contributed by atoms with Crippen LogP contribution in [-0.4, -0.2) is 39.5 Å². The van der Waals surface area contributed by atoms with Crippen molar-refractivity contribution in [2.75, 3.05) is 23.2 Å². The third kappa shape index (κ3) is 5.13. The summed E-state index contributed by atoms with van der Waals surface area (Å²) in [5, 5.41) is 5.90. The highest BCUT2D eigenvalue weighted by atomic mass is 32.2. The molecule has 8 nitrogen and oxygen atoms in total. The Bertz CT molecular complexity index is 1100. The Morgan fingerprint density at radius 3 is 2.56 bits per heavy atom. The van der Waals surface area contributed by atoms with Crippen molar-refractivity contribution in [3.05, 3.63) is 40.3 Å². The van der Waals surface area contributed by atoms with Crippen LogP contribution in [0.4, 0.5) is 10.7 Å². The standard InChI is InChI=1S/C22H27N3O5S2/c1-14(26)24-15-8-10-17(11-9-15)32(28,29)25-22-20(18-6-2-3-7-19(18)31-22)21(27)23-13-16-5-4-12-30-16/h8-11,16,25H,2-7,12-13H2,1H3,(H,23,27)(H,24,26). The SMILES string of the molecule is CC(=O)Nc1ccc(S(=O)(=O)Nc2sc3c(c2C(=O)NCC2CCCO2)CCCC3)cc1. The number of fused-ring (bicyclic) bond motifs is 1. The van der Waals surface area contributed by atoms with Crippen LogP contribution in [0.3, 0.4) is 0 Å². The molecule has 1 saturated heterocycles. The molecule has 1 atom stereocenters. The zero-order valence-corrected chi connectivity index (χ0v) is 19.5. The van der Waals surface area contributed by atoms with Crippen molar-refractivity contribution in [1.29, 1.82) is 0 Å². The van der Waals surface area contributed by atoms with E-state index in [0.29, 0.717) is 29.4 Å². The molecule has 10 heteroatoms. The molecule has 2 amide bonds. The Hall–Kier alpha value is -2.43. The van der Waals surface area contributed by atoms with Crippen molar-refractivity contribution in [3.8, 4) is 0 Å². The number of aryl methyl sites for hydroxylation is 1. The van der Waals surface area contributed by atoms with E-state index in [1.165, 1.54) is 42.5 Å². The maximum atomic E-state index is 13.1. The van der Waals surface area contributed by atoms with Crippen LogP contribution in [0, 0.1) is 0 Å². The fourth-order valence-electron chi connectivity index (χ4n) is 4.08. The van der Waals surface area contributed by atoms with Crippen LogP contribution in [-0.2, 0) is 32.4 Å². The van der Waals surface area contributed by atoms with Gasteiger partial charge in [0, 0.05) is 30.6 Å². The zero-order chi connectivity index (χ0) is 22.7. The summed E-state index contributed by atoms with van der Waals surface area (Å²) in [4.78, 5) is 25.4. The molecule has 1 aromatic heterocycles. The number of nitrogens with one attached hydrogen (secondary N) is 3. The molecule has 0 bridgehead atoms. The molecule has 0 spiro atoms. The Kier molecular flexibility index (Phi) is 6.82. The number of hydrogen-bond acceptors (Lipinski definition) is 6. The molecule has 4 rings (SSSR count). The van der Waals surface area contributed by atoms with E-state index in [1.807, 2.05) is 0 Å². The van der Waals surface area contributed by atoms with Crippen molar-refractivity contribution in [2.45, 2.75) is 56.4 Å². The summed E-state index contributed by atoms with van der Waals surface area (Å²) in [6.07, 6.45) is 5.53. The zero-order valence-electron chi connectivity index (χ0n) is 17.9. The first kappa shape index (κ1) is 22.8. The molecular formula is C22H27N3O5S2. The fourth-order valence-corrected chi connectivity index (χ4v) is 6.67. The van der Waals surface area contributed by atoms with Gasteiger partial charge in [0.05, 0.1) is 16.6 Å². The Morgan fingerprint density at radius 1 is 1.12 bits per heavy atom. The van der Waals surface area contributed by atoms with Gasteiger partial charge in [-0.2, -0.15) is 0 Å². The van der Waals surface area contributed by atoms with E-state index in [-0.39, 0.29) is 22.8 Å². The topological polar surface area (TPSA) is 114 Å². The van der Waals surface area contributed by atoms with Gasteiger partial charge in [0.1, 0.15) is 5.00 Å². The van der Waals surface area contributed by atoms with Crippen LogP contribution in [0.2, 0.25) is 0 Å². The van der Waals surface area contributed by atoms with Crippen molar-refractivity contribution in [1.82, 2.24) is 5.32 Å². The molecule has 172 valence electrons. The first-order valence-electron chi connectivity index (χ1n) is 10.8. The second-order valence-corrected chi connectivity index (χ2v) is 10.9. The van der Waals surface area contributed by atoms with Crippen molar-refractivity contribution >= 4 is 43.9 Å². The predicted molar refractivity (Wildman–Crippen MR) is 124 cm³/mol. The molecule has 3 N–H and O–H groups in total. The van der Waals surface area contributed by atoms with E-state index in [9.17, 15) is 18.0 Å². The molecule has 2 aromatic rings. The quantitative estimate of drug-likeness (QED) is 0.566. The summed E-state index contributed by atoms with van der Waals surface area (Å²) in [5.41, 5.74) is 1.89.